The summed E-state index contributed by atoms with van der Waals surface area (Å²) < 4.78 is 5.92. The van der Waals surface area contributed by atoms with Crippen molar-refractivity contribution < 1.29 is 4.74 Å². The number of ether oxygens (including phenoxy) is 1. The van der Waals surface area contributed by atoms with Gasteiger partial charge >= 0.3 is 0 Å². The Balaban J connectivity index is 1.38. The van der Waals surface area contributed by atoms with E-state index in [1.165, 1.54) is 0 Å². The SMILES string of the molecule is CN(C)CCOc1cccc(-c2ccc3[nH]nc(-c4cc5c(-c6cccnc6)nccc5[nH]4)c3n2)c1. The zero-order valence-corrected chi connectivity index (χ0v) is 20.1. The van der Waals surface area contributed by atoms with Gasteiger partial charge in [0.05, 0.1) is 22.6 Å². The normalized spacial score (nSPS) is 11.5. The standard InChI is InChI=1S/C28H25N7O/c1-35(2)13-14-36-20-7-3-5-18(15-20)22-8-9-24-27(32-22)28(34-33-24)25-16-21-23(31-25)10-12-30-26(21)19-6-4-11-29-17-19/h3-12,15-17,31H,13-14H2,1-2H3,(H,33,34). The summed E-state index contributed by atoms with van der Waals surface area (Å²) >= 11 is 0. The molecule has 178 valence electrons. The zero-order valence-electron chi connectivity index (χ0n) is 20.1. The molecule has 1 aromatic carbocycles. The molecule has 0 atom stereocenters. The van der Waals surface area contributed by atoms with Gasteiger partial charge in [-0.05, 0) is 62.6 Å². The topological polar surface area (TPSA) is 95.6 Å². The lowest BCUT2D eigenvalue weighted by Gasteiger charge is -2.11. The van der Waals surface area contributed by atoms with Crippen molar-refractivity contribution in [3.05, 3.63) is 79.3 Å². The lowest BCUT2D eigenvalue weighted by molar-refractivity contribution is 0.261. The van der Waals surface area contributed by atoms with E-state index in [0.29, 0.717) is 6.61 Å². The van der Waals surface area contributed by atoms with Gasteiger partial charge < -0.3 is 14.6 Å². The van der Waals surface area contributed by atoms with Crippen LogP contribution in [0.3, 0.4) is 0 Å². The van der Waals surface area contributed by atoms with Crippen LogP contribution < -0.4 is 4.74 Å². The minimum Gasteiger partial charge on any atom is -0.492 e. The van der Waals surface area contributed by atoms with E-state index in [9.17, 15) is 0 Å². The Morgan fingerprint density at radius 1 is 0.889 bits per heavy atom. The predicted octanol–water partition coefficient (Wildman–Crippen LogP) is 5.17. The molecule has 0 fully saturated rings. The number of hydrogen-bond acceptors (Lipinski definition) is 6. The lowest BCUT2D eigenvalue weighted by Crippen LogP contribution is -2.19. The van der Waals surface area contributed by atoms with E-state index >= 15 is 0 Å². The number of benzene rings is 1. The highest BCUT2D eigenvalue weighted by atomic mass is 16.5. The van der Waals surface area contributed by atoms with Gasteiger partial charge in [-0.15, -0.1) is 0 Å². The Morgan fingerprint density at radius 2 is 1.81 bits per heavy atom. The Morgan fingerprint density at radius 3 is 2.67 bits per heavy atom. The van der Waals surface area contributed by atoms with Crippen LogP contribution >= 0.6 is 0 Å². The van der Waals surface area contributed by atoms with Gasteiger partial charge in [0.15, 0.2) is 0 Å². The summed E-state index contributed by atoms with van der Waals surface area (Å²) in [7, 11) is 4.07. The van der Waals surface area contributed by atoms with Crippen LogP contribution in [0.25, 0.3) is 55.8 Å². The van der Waals surface area contributed by atoms with Gasteiger partial charge in [0, 0.05) is 47.2 Å². The van der Waals surface area contributed by atoms with Crippen LogP contribution in [0.4, 0.5) is 0 Å². The highest BCUT2D eigenvalue weighted by molar-refractivity contribution is 5.99. The number of fused-ring (bicyclic) bond motifs is 2. The molecule has 36 heavy (non-hydrogen) atoms. The molecular weight excluding hydrogens is 450 g/mol. The predicted molar refractivity (Wildman–Crippen MR) is 142 cm³/mol. The second kappa shape index (κ2) is 9.24. The third-order valence-corrected chi connectivity index (χ3v) is 6.08. The van der Waals surface area contributed by atoms with Crippen LogP contribution in [0.15, 0.2) is 79.3 Å². The van der Waals surface area contributed by atoms with Crippen LogP contribution in [-0.4, -0.2) is 62.3 Å². The number of likely N-dealkylation sites (N-methyl/N-ethyl adjacent to an activating group) is 1. The Labute approximate surface area is 208 Å². The van der Waals surface area contributed by atoms with Gasteiger partial charge in [-0.2, -0.15) is 5.10 Å². The summed E-state index contributed by atoms with van der Waals surface area (Å²) in [6, 6.07) is 20.0. The maximum Gasteiger partial charge on any atom is 0.135 e. The molecule has 6 aromatic rings. The van der Waals surface area contributed by atoms with E-state index in [4.69, 9.17) is 9.72 Å². The van der Waals surface area contributed by atoms with Gasteiger partial charge in [0.25, 0.3) is 0 Å². The Bertz CT molecular complexity index is 1650. The first-order valence-electron chi connectivity index (χ1n) is 11.8. The number of pyridine rings is 3. The molecule has 0 amide bonds. The number of rotatable bonds is 7. The molecule has 6 rings (SSSR count). The maximum absolute atomic E-state index is 5.92. The highest BCUT2D eigenvalue weighted by Crippen LogP contribution is 2.33. The average molecular weight is 476 g/mol. The van der Waals surface area contributed by atoms with Crippen molar-refractivity contribution in [3.63, 3.8) is 0 Å². The van der Waals surface area contributed by atoms with Crippen LogP contribution in [-0.2, 0) is 0 Å². The molecule has 0 aliphatic rings. The van der Waals surface area contributed by atoms with Gasteiger partial charge in [0.2, 0.25) is 0 Å². The van der Waals surface area contributed by atoms with Crippen molar-refractivity contribution >= 4 is 21.9 Å². The van der Waals surface area contributed by atoms with E-state index in [-0.39, 0.29) is 0 Å². The number of H-pyrrole nitrogens is 2. The first-order valence-corrected chi connectivity index (χ1v) is 11.8. The molecule has 0 saturated heterocycles. The molecule has 0 unspecified atom stereocenters. The monoisotopic (exact) mass is 475 g/mol. The molecule has 0 aliphatic heterocycles. The lowest BCUT2D eigenvalue weighted by atomic mass is 10.1. The van der Waals surface area contributed by atoms with E-state index < -0.39 is 0 Å². The van der Waals surface area contributed by atoms with Gasteiger partial charge in [-0.3, -0.25) is 15.1 Å². The summed E-state index contributed by atoms with van der Waals surface area (Å²) in [5.41, 5.74) is 7.98. The maximum atomic E-state index is 5.92. The minimum absolute atomic E-state index is 0.630. The summed E-state index contributed by atoms with van der Waals surface area (Å²) in [6.45, 7) is 1.49. The zero-order chi connectivity index (χ0) is 24.5. The molecule has 0 spiro atoms. The third kappa shape index (κ3) is 4.18. The molecule has 8 nitrogen and oxygen atoms in total. The minimum atomic E-state index is 0.630. The molecule has 0 bridgehead atoms. The molecule has 0 saturated carbocycles. The van der Waals surface area contributed by atoms with Crippen molar-refractivity contribution in [2.45, 2.75) is 0 Å². The first-order chi connectivity index (χ1) is 17.7. The summed E-state index contributed by atoms with van der Waals surface area (Å²) in [5, 5.41) is 8.72. The molecule has 0 radical (unpaired) electrons. The second-order valence-electron chi connectivity index (χ2n) is 8.89. The third-order valence-electron chi connectivity index (χ3n) is 6.08. The number of aromatic amines is 2. The number of nitrogens with one attached hydrogen (secondary N) is 2. The van der Waals surface area contributed by atoms with Gasteiger partial charge in [0.1, 0.15) is 23.6 Å². The fourth-order valence-corrected chi connectivity index (χ4v) is 4.25. The van der Waals surface area contributed by atoms with Crippen molar-refractivity contribution in [1.82, 2.24) is 35.0 Å². The van der Waals surface area contributed by atoms with Crippen molar-refractivity contribution in [1.29, 1.82) is 0 Å². The quantitative estimate of drug-likeness (QED) is 0.331. The van der Waals surface area contributed by atoms with Gasteiger partial charge in [-0.1, -0.05) is 12.1 Å². The Kier molecular flexibility index (Phi) is 5.63. The van der Waals surface area contributed by atoms with Crippen LogP contribution in [0.1, 0.15) is 0 Å². The molecule has 2 N–H and O–H groups in total. The summed E-state index contributed by atoms with van der Waals surface area (Å²) in [5.74, 6) is 0.828. The van der Waals surface area contributed by atoms with E-state index in [1.54, 1.807) is 12.4 Å². The summed E-state index contributed by atoms with van der Waals surface area (Å²) in [4.78, 5) is 19.4. The van der Waals surface area contributed by atoms with Crippen molar-refractivity contribution in [2.24, 2.45) is 0 Å². The fourth-order valence-electron chi connectivity index (χ4n) is 4.25. The van der Waals surface area contributed by atoms with E-state index in [0.717, 1.165) is 68.1 Å². The van der Waals surface area contributed by atoms with E-state index in [1.807, 2.05) is 74.9 Å². The molecule has 5 heterocycles. The van der Waals surface area contributed by atoms with Crippen LogP contribution in [0, 0.1) is 0 Å². The van der Waals surface area contributed by atoms with Gasteiger partial charge in [-0.25, -0.2) is 4.98 Å². The Hall–Kier alpha value is -4.56. The summed E-state index contributed by atoms with van der Waals surface area (Å²) in [6.07, 6.45) is 5.39. The second-order valence-corrected chi connectivity index (χ2v) is 8.89. The molecular formula is C28H25N7O. The smallest absolute Gasteiger partial charge is 0.135 e. The highest BCUT2D eigenvalue weighted by Gasteiger charge is 2.16. The molecule has 5 aromatic heterocycles. The average Bonchev–Trinajstić information content (AvgIpc) is 3.53. The van der Waals surface area contributed by atoms with Crippen molar-refractivity contribution in [2.75, 3.05) is 27.2 Å². The largest absolute Gasteiger partial charge is 0.492 e. The van der Waals surface area contributed by atoms with Crippen LogP contribution in [0.2, 0.25) is 0 Å². The van der Waals surface area contributed by atoms with Crippen LogP contribution in [0.5, 0.6) is 5.75 Å². The van der Waals surface area contributed by atoms with E-state index in [2.05, 4.69) is 36.1 Å². The number of nitrogens with zero attached hydrogens (tertiary/aromatic N) is 5. The van der Waals surface area contributed by atoms with Crippen molar-refractivity contribution in [3.8, 4) is 39.7 Å². The molecule has 0 aliphatic carbocycles. The fraction of sp³-hybridized carbons (Fsp3) is 0.143. The first kappa shape index (κ1) is 21.9. The number of aromatic nitrogens is 6. The molecule has 8 heteroatoms. The number of hydrogen-bond donors (Lipinski definition) is 2.